The van der Waals surface area contributed by atoms with Crippen molar-refractivity contribution >= 4 is 11.3 Å². The molecule has 1 atom stereocenters. The SMILES string of the molecule is CC(C)NCc1nc(CN2CCCN(C)CC2C)cs1. The third-order valence-corrected chi connectivity index (χ3v) is 4.71. The average Bonchev–Trinajstić information content (AvgIpc) is 2.76. The Bertz CT molecular complexity index is 404. The van der Waals surface area contributed by atoms with Gasteiger partial charge in [0.2, 0.25) is 0 Å². The van der Waals surface area contributed by atoms with E-state index in [-0.39, 0.29) is 0 Å². The van der Waals surface area contributed by atoms with Gasteiger partial charge in [-0.15, -0.1) is 11.3 Å². The first-order chi connectivity index (χ1) is 9.54. The van der Waals surface area contributed by atoms with Gasteiger partial charge in [0.25, 0.3) is 0 Å². The van der Waals surface area contributed by atoms with Crippen molar-refractivity contribution in [2.24, 2.45) is 0 Å². The highest BCUT2D eigenvalue weighted by Crippen LogP contribution is 2.16. The lowest BCUT2D eigenvalue weighted by Gasteiger charge is -2.27. The number of hydrogen-bond acceptors (Lipinski definition) is 5. The van der Waals surface area contributed by atoms with Crippen LogP contribution in [0.4, 0.5) is 0 Å². The molecule has 1 N–H and O–H groups in total. The summed E-state index contributed by atoms with van der Waals surface area (Å²) in [5, 5.41) is 6.85. The van der Waals surface area contributed by atoms with E-state index in [2.05, 4.69) is 48.3 Å². The molecule has 1 saturated heterocycles. The molecule has 0 aliphatic carbocycles. The molecule has 0 radical (unpaired) electrons. The molecule has 114 valence electrons. The molecule has 1 unspecified atom stereocenters. The normalized spacial score (nSPS) is 22.4. The Morgan fingerprint density at radius 1 is 1.45 bits per heavy atom. The second kappa shape index (κ2) is 7.50. The molecule has 1 aromatic rings. The van der Waals surface area contributed by atoms with Gasteiger partial charge in [0.1, 0.15) is 5.01 Å². The van der Waals surface area contributed by atoms with Crippen LogP contribution in [0.3, 0.4) is 0 Å². The summed E-state index contributed by atoms with van der Waals surface area (Å²) in [4.78, 5) is 9.76. The van der Waals surface area contributed by atoms with Crippen molar-refractivity contribution in [2.75, 3.05) is 26.7 Å². The summed E-state index contributed by atoms with van der Waals surface area (Å²) in [5.41, 5.74) is 1.23. The summed E-state index contributed by atoms with van der Waals surface area (Å²) in [6.45, 7) is 12.1. The second-order valence-corrected chi connectivity index (χ2v) is 7.15. The minimum absolute atomic E-state index is 0.517. The van der Waals surface area contributed by atoms with E-state index >= 15 is 0 Å². The van der Waals surface area contributed by atoms with E-state index in [1.54, 1.807) is 11.3 Å². The number of likely N-dealkylation sites (N-methyl/N-ethyl adjacent to an activating group) is 1. The third-order valence-electron chi connectivity index (χ3n) is 3.81. The highest BCUT2D eigenvalue weighted by Gasteiger charge is 2.20. The fraction of sp³-hybridized carbons (Fsp3) is 0.800. The van der Waals surface area contributed by atoms with Crippen molar-refractivity contribution in [1.29, 1.82) is 0 Å². The van der Waals surface area contributed by atoms with Crippen LogP contribution in [-0.4, -0.2) is 53.5 Å². The van der Waals surface area contributed by atoms with E-state index in [0.29, 0.717) is 12.1 Å². The van der Waals surface area contributed by atoms with Crippen molar-refractivity contribution in [3.8, 4) is 0 Å². The van der Waals surface area contributed by atoms with Gasteiger partial charge in [0.15, 0.2) is 0 Å². The zero-order valence-electron chi connectivity index (χ0n) is 13.2. The summed E-state index contributed by atoms with van der Waals surface area (Å²) in [6.07, 6.45) is 1.26. The fourth-order valence-corrected chi connectivity index (χ4v) is 3.40. The number of nitrogens with zero attached hydrogens (tertiary/aromatic N) is 3. The monoisotopic (exact) mass is 296 g/mol. The molecule has 1 aliphatic rings. The summed E-state index contributed by atoms with van der Waals surface area (Å²) >= 11 is 1.78. The van der Waals surface area contributed by atoms with Crippen molar-refractivity contribution < 1.29 is 0 Å². The molecular formula is C15H28N4S. The molecule has 4 nitrogen and oxygen atoms in total. The summed E-state index contributed by atoms with van der Waals surface area (Å²) in [5.74, 6) is 0. The van der Waals surface area contributed by atoms with Crippen molar-refractivity contribution in [3.63, 3.8) is 0 Å². The highest BCUT2D eigenvalue weighted by molar-refractivity contribution is 7.09. The fourth-order valence-electron chi connectivity index (χ4n) is 2.66. The standard InChI is InChI=1S/C15H28N4S/c1-12(2)16-8-15-17-14(11-20-15)10-19-7-5-6-18(4)9-13(19)3/h11-13,16H,5-10H2,1-4H3. The van der Waals surface area contributed by atoms with Gasteiger partial charge in [-0.2, -0.15) is 0 Å². The van der Waals surface area contributed by atoms with Crippen LogP contribution in [0.15, 0.2) is 5.38 Å². The predicted molar refractivity (Wildman–Crippen MR) is 86.1 cm³/mol. The van der Waals surface area contributed by atoms with E-state index < -0.39 is 0 Å². The maximum atomic E-state index is 4.76. The number of thiazole rings is 1. The summed E-state index contributed by atoms with van der Waals surface area (Å²) in [6, 6.07) is 1.13. The van der Waals surface area contributed by atoms with E-state index in [4.69, 9.17) is 4.98 Å². The van der Waals surface area contributed by atoms with Crippen molar-refractivity contribution in [1.82, 2.24) is 20.1 Å². The van der Waals surface area contributed by atoms with Gasteiger partial charge in [-0.3, -0.25) is 4.90 Å². The molecule has 2 rings (SSSR count). The largest absolute Gasteiger partial charge is 0.308 e. The maximum absolute atomic E-state index is 4.76. The van der Waals surface area contributed by atoms with Crippen LogP contribution in [0, 0.1) is 0 Å². The molecule has 1 aromatic heterocycles. The van der Waals surface area contributed by atoms with Crippen LogP contribution in [0.5, 0.6) is 0 Å². The molecule has 20 heavy (non-hydrogen) atoms. The van der Waals surface area contributed by atoms with Crippen LogP contribution < -0.4 is 5.32 Å². The van der Waals surface area contributed by atoms with Crippen LogP contribution in [0.25, 0.3) is 0 Å². The van der Waals surface area contributed by atoms with E-state index in [1.807, 2.05) is 0 Å². The van der Waals surface area contributed by atoms with E-state index in [9.17, 15) is 0 Å². The second-order valence-electron chi connectivity index (χ2n) is 6.20. The Morgan fingerprint density at radius 3 is 3.00 bits per heavy atom. The minimum atomic E-state index is 0.517. The lowest BCUT2D eigenvalue weighted by molar-refractivity contribution is 0.193. The first-order valence-electron chi connectivity index (χ1n) is 7.64. The van der Waals surface area contributed by atoms with Crippen molar-refractivity contribution in [2.45, 2.75) is 52.4 Å². The van der Waals surface area contributed by atoms with Gasteiger partial charge >= 0.3 is 0 Å². The lowest BCUT2D eigenvalue weighted by Crippen LogP contribution is -2.37. The highest BCUT2D eigenvalue weighted by atomic mass is 32.1. The van der Waals surface area contributed by atoms with Gasteiger partial charge in [0.05, 0.1) is 5.69 Å². The molecule has 1 fully saturated rings. The van der Waals surface area contributed by atoms with Gasteiger partial charge in [-0.05, 0) is 26.9 Å². The first kappa shape index (κ1) is 15.9. The number of nitrogens with one attached hydrogen (secondary N) is 1. The Morgan fingerprint density at radius 2 is 2.25 bits per heavy atom. The van der Waals surface area contributed by atoms with Crippen molar-refractivity contribution in [3.05, 3.63) is 16.1 Å². The first-order valence-corrected chi connectivity index (χ1v) is 8.52. The molecule has 0 saturated carbocycles. The number of aromatic nitrogens is 1. The molecular weight excluding hydrogens is 268 g/mol. The lowest BCUT2D eigenvalue weighted by atomic mass is 10.2. The van der Waals surface area contributed by atoms with Crippen LogP contribution >= 0.6 is 11.3 Å². The smallest absolute Gasteiger partial charge is 0.107 e. The van der Waals surface area contributed by atoms with Gasteiger partial charge in [-0.1, -0.05) is 13.8 Å². The molecule has 0 amide bonds. The maximum Gasteiger partial charge on any atom is 0.107 e. The third kappa shape index (κ3) is 4.81. The number of rotatable bonds is 5. The van der Waals surface area contributed by atoms with Gasteiger partial charge in [-0.25, -0.2) is 4.98 Å². The van der Waals surface area contributed by atoms with Crippen LogP contribution in [0.1, 0.15) is 37.9 Å². The summed E-state index contributed by atoms with van der Waals surface area (Å²) in [7, 11) is 2.22. The minimum Gasteiger partial charge on any atom is -0.308 e. The van der Waals surface area contributed by atoms with Crippen LogP contribution in [-0.2, 0) is 13.1 Å². The molecule has 0 aromatic carbocycles. The van der Waals surface area contributed by atoms with Crippen LogP contribution in [0.2, 0.25) is 0 Å². The topological polar surface area (TPSA) is 31.4 Å². The van der Waals surface area contributed by atoms with Gasteiger partial charge < -0.3 is 10.2 Å². The zero-order valence-corrected chi connectivity index (χ0v) is 14.0. The quantitative estimate of drug-likeness (QED) is 0.902. The Balaban J connectivity index is 1.89. The summed E-state index contributed by atoms with van der Waals surface area (Å²) < 4.78 is 0. The Labute approximate surface area is 127 Å². The number of hydrogen-bond donors (Lipinski definition) is 1. The average molecular weight is 296 g/mol. The molecule has 5 heteroatoms. The van der Waals surface area contributed by atoms with E-state index in [1.165, 1.54) is 30.2 Å². The molecule has 0 bridgehead atoms. The predicted octanol–water partition coefficient (Wildman–Crippen LogP) is 2.17. The van der Waals surface area contributed by atoms with Gasteiger partial charge in [0, 0.05) is 43.6 Å². The molecule has 1 aliphatic heterocycles. The van der Waals surface area contributed by atoms with E-state index in [0.717, 1.165) is 19.6 Å². The zero-order chi connectivity index (χ0) is 14.5. The Hall–Kier alpha value is -0.490. The molecule has 0 spiro atoms. The molecule has 2 heterocycles. The Kier molecular flexibility index (Phi) is 5.96.